The molecule has 0 bridgehead atoms. The molecule has 1 saturated carbocycles. The first kappa shape index (κ1) is 11.2. The topological polar surface area (TPSA) is 44.6 Å². The summed E-state index contributed by atoms with van der Waals surface area (Å²) in [7, 11) is 0. The van der Waals surface area contributed by atoms with Crippen molar-refractivity contribution in [3.05, 3.63) is 12.7 Å². The molecular weight excluding hydrogens is 176 g/mol. The van der Waals surface area contributed by atoms with Gasteiger partial charge in [0.2, 0.25) is 0 Å². The Labute approximate surface area is 85.9 Å². The van der Waals surface area contributed by atoms with Crippen molar-refractivity contribution >= 4 is 5.71 Å². The van der Waals surface area contributed by atoms with Gasteiger partial charge in [0.15, 0.2) is 0 Å². The second-order valence-corrected chi connectivity index (χ2v) is 3.99. The summed E-state index contributed by atoms with van der Waals surface area (Å²) >= 11 is 0. The van der Waals surface area contributed by atoms with E-state index in [2.05, 4.69) is 17.1 Å². The number of nitrogens with zero attached hydrogens (tertiary/aromatic N) is 1. The molecule has 0 aromatic heterocycles. The molecule has 0 aliphatic heterocycles. The number of allylic oxidation sites excluding steroid dienone is 1. The average molecular weight is 196 g/mol. The molecule has 1 rings (SSSR count). The zero-order valence-electron chi connectivity index (χ0n) is 8.87. The maximum absolute atomic E-state index is 8.97. The standard InChI is InChI=1S/C11H20N2O/c1-3-9(2)12-13-11-6-4-10(8-14)5-7-11/h3,10-11,13-14H,1,4-8H2,2H3/b12-9+/t10-,11-. The summed E-state index contributed by atoms with van der Waals surface area (Å²) in [6.07, 6.45) is 6.18. The van der Waals surface area contributed by atoms with Gasteiger partial charge >= 0.3 is 0 Å². The minimum Gasteiger partial charge on any atom is -0.396 e. The Kier molecular flexibility index (Phi) is 4.66. The fraction of sp³-hybridized carbons (Fsp3) is 0.727. The third-order valence-electron chi connectivity index (χ3n) is 2.82. The van der Waals surface area contributed by atoms with Crippen LogP contribution in [0.1, 0.15) is 32.6 Å². The molecule has 0 atom stereocenters. The third kappa shape index (κ3) is 3.50. The first-order chi connectivity index (χ1) is 6.76. The van der Waals surface area contributed by atoms with E-state index in [1.165, 1.54) is 0 Å². The van der Waals surface area contributed by atoms with Gasteiger partial charge in [0.25, 0.3) is 0 Å². The van der Waals surface area contributed by atoms with E-state index in [0.29, 0.717) is 18.6 Å². The fourth-order valence-electron chi connectivity index (χ4n) is 1.71. The highest BCUT2D eigenvalue weighted by Gasteiger charge is 2.19. The predicted molar refractivity (Wildman–Crippen MR) is 59.3 cm³/mol. The van der Waals surface area contributed by atoms with Crippen LogP contribution in [-0.4, -0.2) is 23.5 Å². The smallest absolute Gasteiger partial charge is 0.0566 e. The van der Waals surface area contributed by atoms with Gasteiger partial charge in [-0.15, -0.1) is 0 Å². The van der Waals surface area contributed by atoms with Crippen LogP contribution in [0.15, 0.2) is 17.8 Å². The Balaban J connectivity index is 2.25. The maximum atomic E-state index is 8.97. The molecular formula is C11H20N2O. The number of aliphatic hydroxyl groups is 1. The molecule has 3 nitrogen and oxygen atoms in total. The van der Waals surface area contributed by atoms with E-state index in [9.17, 15) is 0 Å². The minimum atomic E-state index is 0.335. The van der Waals surface area contributed by atoms with Crippen LogP contribution in [0, 0.1) is 5.92 Å². The van der Waals surface area contributed by atoms with Crippen LogP contribution in [0.3, 0.4) is 0 Å². The van der Waals surface area contributed by atoms with Crippen molar-refractivity contribution in [2.75, 3.05) is 6.61 Å². The van der Waals surface area contributed by atoms with Gasteiger partial charge in [0.05, 0.1) is 5.71 Å². The van der Waals surface area contributed by atoms with Crippen LogP contribution in [0.5, 0.6) is 0 Å². The Morgan fingerprint density at radius 2 is 2.14 bits per heavy atom. The Bertz CT molecular complexity index is 205. The summed E-state index contributed by atoms with van der Waals surface area (Å²) in [6, 6.07) is 0.479. The summed E-state index contributed by atoms with van der Waals surface area (Å²) in [5.41, 5.74) is 4.08. The highest BCUT2D eigenvalue weighted by atomic mass is 16.3. The van der Waals surface area contributed by atoms with Gasteiger partial charge in [-0.2, -0.15) is 5.10 Å². The molecule has 0 spiro atoms. The SMILES string of the molecule is C=C/C(C)=N/N[C@H]1CC[C@H](CO)CC1. The molecule has 0 unspecified atom stereocenters. The summed E-state index contributed by atoms with van der Waals surface area (Å²) in [5.74, 6) is 0.512. The number of hydrogen-bond donors (Lipinski definition) is 2. The number of nitrogens with one attached hydrogen (secondary N) is 1. The third-order valence-corrected chi connectivity index (χ3v) is 2.82. The van der Waals surface area contributed by atoms with E-state index < -0.39 is 0 Å². The second-order valence-electron chi connectivity index (χ2n) is 3.99. The number of hydrazone groups is 1. The van der Waals surface area contributed by atoms with Crippen LogP contribution in [-0.2, 0) is 0 Å². The first-order valence-electron chi connectivity index (χ1n) is 5.29. The largest absolute Gasteiger partial charge is 0.396 e. The quantitative estimate of drug-likeness (QED) is 0.531. The molecule has 0 heterocycles. The molecule has 0 saturated heterocycles. The van der Waals surface area contributed by atoms with Crippen LogP contribution in [0.4, 0.5) is 0 Å². The average Bonchev–Trinajstić information content (AvgIpc) is 2.26. The molecule has 80 valence electrons. The molecule has 0 aromatic rings. The summed E-state index contributed by atoms with van der Waals surface area (Å²) in [4.78, 5) is 0. The molecule has 1 aliphatic carbocycles. The van der Waals surface area contributed by atoms with Gasteiger partial charge < -0.3 is 10.5 Å². The highest BCUT2D eigenvalue weighted by Crippen LogP contribution is 2.23. The Morgan fingerprint density at radius 3 is 2.64 bits per heavy atom. The van der Waals surface area contributed by atoms with Crippen LogP contribution >= 0.6 is 0 Å². The van der Waals surface area contributed by atoms with Crippen LogP contribution < -0.4 is 5.43 Å². The van der Waals surface area contributed by atoms with E-state index in [-0.39, 0.29) is 0 Å². The minimum absolute atomic E-state index is 0.335. The molecule has 3 heteroatoms. The number of hydrogen-bond acceptors (Lipinski definition) is 3. The van der Waals surface area contributed by atoms with Crippen molar-refractivity contribution in [3.63, 3.8) is 0 Å². The summed E-state index contributed by atoms with van der Waals surface area (Å²) < 4.78 is 0. The number of rotatable bonds is 4. The van der Waals surface area contributed by atoms with Crippen molar-refractivity contribution in [2.24, 2.45) is 11.0 Å². The van der Waals surface area contributed by atoms with Crippen molar-refractivity contribution in [3.8, 4) is 0 Å². The van der Waals surface area contributed by atoms with E-state index in [1.54, 1.807) is 6.08 Å². The van der Waals surface area contributed by atoms with E-state index in [4.69, 9.17) is 5.11 Å². The number of aliphatic hydroxyl groups excluding tert-OH is 1. The van der Waals surface area contributed by atoms with Crippen molar-refractivity contribution < 1.29 is 5.11 Å². The van der Waals surface area contributed by atoms with Crippen molar-refractivity contribution in [1.82, 2.24) is 5.43 Å². The lowest BCUT2D eigenvalue weighted by atomic mass is 9.87. The van der Waals surface area contributed by atoms with E-state index in [1.807, 2.05) is 6.92 Å². The van der Waals surface area contributed by atoms with E-state index in [0.717, 1.165) is 31.4 Å². The highest BCUT2D eigenvalue weighted by molar-refractivity contribution is 5.91. The van der Waals surface area contributed by atoms with Crippen molar-refractivity contribution in [1.29, 1.82) is 0 Å². The molecule has 2 N–H and O–H groups in total. The lowest BCUT2D eigenvalue weighted by Crippen LogP contribution is -2.31. The van der Waals surface area contributed by atoms with Crippen molar-refractivity contribution in [2.45, 2.75) is 38.6 Å². The molecule has 0 aromatic carbocycles. The Morgan fingerprint density at radius 1 is 1.50 bits per heavy atom. The zero-order valence-corrected chi connectivity index (χ0v) is 8.87. The van der Waals surface area contributed by atoms with Gasteiger partial charge in [-0.05, 0) is 44.6 Å². The zero-order chi connectivity index (χ0) is 10.4. The van der Waals surface area contributed by atoms with Crippen LogP contribution in [0.2, 0.25) is 0 Å². The molecule has 0 amide bonds. The van der Waals surface area contributed by atoms with Gasteiger partial charge in [-0.3, -0.25) is 0 Å². The summed E-state index contributed by atoms with van der Waals surface area (Å²) in [6.45, 7) is 5.91. The summed E-state index contributed by atoms with van der Waals surface area (Å²) in [5, 5.41) is 13.2. The van der Waals surface area contributed by atoms with Gasteiger partial charge in [-0.25, -0.2) is 0 Å². The van der Waals surface area contributed by atoms with Gasteiger partial charge in [-0.1, -0.05) is 6.58 Å². The molecule has 14 heavy (non-hydrogen) atoms. The van der Waals surface area contributed by atoms with Gasteiger partial charge in [0.1, 0.15) is 0 Å². The maximum Gasteiger partial charge on any atom is 0.0566 e. The normalized spacial score (nSPS) is 28.6. The van der Waals surface area contributed by atoms with E-state index >= 15 is 0 Å². The second kappa shape index (κ2) is 5.81. The van der Waals surface area contributed by atoms with Crippen LogP contribution in [0.25, 0.3) is 0 Å². The lowest BCUT2D eigenvalue weighted by molar-refractivity contribution is 0.176. The fourth-order valence-corrected chi connectivity index (χ4v) is 1.71. The Hall–Kier alpha value is -0.830. The first-order valence-corrected chi connectivity index (χ1v) is 5.29. The predicted octanol–water partition coefficient (Wildman–Crippen LogP) is 1.69. The molecule has 0 radical (unpaired) electrons. The molecule has 1 fully saturated rings. The monoisotopic (exact) mass is 196 g/mol. The molecule has 1 aliphatic rings. The lowest BCUT2D eigenvalue weighted by Gasteiger charge is -2.26. The van der Waals surface area contributed by atoms with Gasteiger partial charge in [0, 0.05) is 12.6 Å².